The summed E-state index contributed by atoms with van der Waals surface area (Å²) in [4.78, 5) is 18.4. The second kappa shape index (κ2) is 10.3. The topological polar surface area (TPSA) is 71.8 Å². The van der Waals surface area contributed by atoms with Crippen LogP contribution in [0.2, 0.25) is 0 Å². The molecular formula is C22H30IN5O2. The van der Waals surface area contributed by atoms with Gasteiger partial charge in [-0.3, -0.25) is 9.79 Å². The number of halogens is 1. The Morgan fingerprint density at radius 3 is 2.63 bits per heavy atom. The largest absolute Gasteiger partial charge is 0.469 e. The van der Waals surface area contributed by atoms with Gasteiger partial charge in [-0.15, -0.1) is 24.0 Å². The number of carbonyl (C=O) groups is 1. The van der Waals surface area contributed by atoms with Gasteiger partial charge in [-0.2, -0.15) is 5.10 Å². The Morgan fingerprint density at radius 1 is 1.23 bits per heavy atom. The number of hydrogen-bond donors (Lipinski definition) is 1. The van der Waals surface area contributed by atoms with Crippen LogP contribution in [0.4, 0.5) is 0 Å². The molecule has 8 heteroatoms. The van der Waals surface area contributed by atoms with Crippen LogP contribution in [-0.2, 0) is 28.9 Å². The maximum absolute atomic E-state index is 11.8. The molecule has 2 aromatic rings. The van der Waals surface area contributed by atoms with E-state index in [2.05, 4.69) is 44.2 Å². The summed E-state index contributed by atoms with van der Waals surface area (Å²) in [5.74, 6) is 0.767. The summed E-state index contributed by atoms with van der Waals surface area (Å²) < 4.78 is 6.99. The predicted octanol–water partition coefficient (Wildman–Crippen LogP) is 2.94. The first kappa shape index (κ1) is 22.6. The fraction of sp³-hybridized carbons (Fsp3) is 0.500. The second-order valence-corrected chi connectivity index (χ2v) is 7.66. The average Bonchev–Trinajstić information content (AvgIpc) is 3.38. The third-order valence-electron chi connectivity index (χ3n) is 5.97. The number of carbonyl (C=O) groups excluding carboxylic acids is 1. The summed E-state index contributed by atoms with van der Waals surface area (Å²) in [6.45, 7) is 2.26. The molecular weight excluding hydrogens is 493 g/mol. The van der Waals surface area contributed by atoms with Gasteiger partial charge in [0.15, 0.2) is 5.96 Å². The average molecular weight is 523 g/mol. The van der Waals surface area contributed by atoms with Gasteiger partial charge in [0, 0.05) is 25.8 Å². The highest BCUT2D eigenvalue weighted by molar-refractivity contribution is 14.0. The molecule has 1 saturated heterocycles. The highest BCUT2D eigenvalue weighted by Gasteiger charge is 2.28. The summed E-state index contributed by atoms with van der Waals surface area (Å²) in [6.07, 6.45) is 4.94. The van der Waals surface area contributed by atoms with E-state index in [0.29, 0.717) is 6.54 Å². The van der Waals surface area contributed by atoms with Crippen molar-refractivity contribution in [3.63, 3.8) is 0 Å². The number of likely N-dealkylation sites (tertiary alicyclic amines) is 1. The SMILES string of the molecule is CN=C(NCc1nn(-c2ccccc2)c2c1CCC2)N1CCC(C(=O)OC)CC1.I. The van der Waals surface area contributed by atoms with Crippen LogP contribution < -0.4 is 5.32 Å². The van der Waals surface area contributed by atoms with Crippen LogP contribution in [0.15, 0.2) is 35.3 Å². The number of para-hydroxylation sites is 1. The van der Waals surface area contributed by atoms with E-state index in [4.69, 9.17) is 9.84 Å². The first-order valence-corrected chi connectivity index (χ1v) is 10.4. The Bertz CT molecular complexity index is 888. The molecule has 0 radical (unpaired) electrons. The van der Waals surface area contributed by atoms with Gasteiger partial charge in [-0.1, -0.05) is 18.2 Å². The molecule has 1 aliphatic heterocycles. The number of esters is 1. The Morgan fingerprint density at radius 2 is 1.97 bits per heavy atom. The predicted molar refractivity (Wildman–Crippen MR) is 128 cm³/mol. The molecule has 7 nitrogen and oxygen atoms in total. The second-order valence-electron chi connectivity index (χ2n) is 7.66. The molecule has 1 aromatic carbocycles. The molecule has 1 aliphatic carbocycles. The monoisotopic (exact) mass is 523 g/mol. The van der Waals surface area contributed by atoms with Gasteiger partial charge >= 0.3 is 5.97 Å². The van der Waals surface area contributed by atoms with E-state index < -0.39 is 0 Å². The third kappa shape index (κ3) is 4.63. The number of aliphatic imine (C=N–C) groups is 1. The number of nitrogens with one attached hydrogen (secondary N) is 1. The lowest BCUT2D eigenvalue weighted by Crippen LogP contribution is -2.46. The number of piperidine rings is 1. The maximum Gasteiger partial charge on any atom is 0.308 e. The van der Waals surface area contributed by atoms with E-state index in [1.807, 2.05) is 13.1 Å². The summed E-state index contributed by atoms with van der Waals surface area (Å²) in [7, 11) is 3.27. The van der Waals surface area contributed by atoms with E-state index in [-0.39, 0.29) is 35.9 Å². The van der Waals surface area contributed by atoms with Crippen molar-refractivity contribution in [2.45, 2.75) is 38.6 Å². The number of rotatable bonds is 4. The van der Waals surface area contributed by atoms with E-state index in [1.165, 1.54) is 24.8 Å². The van der Waals surface area contributed by atoms with Crippen LogP contribution in [0, 0.1) is 5.92 Å². The molecule has 0 bridgehead atoms. The van der Waals surface area contributed by atoms with Crippen LogP contribution >= 0.6 is 24.0 Å². The standard InChI is InChI=1S/C22H29N5O2.HI/c1-23-22(26-13-11-16(12-14-26)21(28)29-2)24-15-19-18-9-6-10-20(18)27(25-19)17-7-4-3-5-8-17;/h3-5,7-8,16H,6,9-15H2,1-2H3,(H,23,24);1H. The lowest BCUT2D eigenvalue weighted by molar-refractivity contribution is -0.146. The highest BCUT2D eigenvalue weighted by Crippen LogP contribution is 2.28. The molecule has 1 fully saturated rings. The number of aromatic nitrogens is 2. The Kier molecular flexibility index (Phi) is 7.74. The Hall–Kier alpha value is -2.10. The van der Waals surface area contributed by atoms with Crippen molar-refractivity contribution in [2.24, 2.45) is 10.9 Å². The van der Waals surface area contributed by atoms with Gasteiger partial charge < -0.3 is 15.0 Å². The Balaban J connectivity index is 0.00000256. The molecule has 0 spiro atoms. The summed E-state index contributed by atoms with van der Waals surface area (Å²) in [6, 6.07) is 10.3. The van der Waals surface area contributed by atoms with Crippen LogP contribution in [0.3, 0.4) is 0 Å². The zero-order valence-electron chi connectivity index (χ0n) is 17.6. The number of fused-ring (bicyclic) bond motifs is 1. The summed E-state index contributed by atoms with van der Waals surface area (Å²) >= 11 is 0. The first-order chi connectivity index (χ1) is 14.2. The van der Waals surface area contributed by atoms with E-state index in [0.717, 1.165) is 56.1 Å². The molecule has 0 amide bonds. The molecule has 0 saturated carbocycles. The fourth-order valence-electron chi connectivity index (χ4n) is 4.43. The fourth-order valence-corrected chi connectivity index (χ4v) is 4.43. The molecule has 1 aromatic heterocycles. The maximum atomic E-state index is 11.8. The molecule has 0 unspecified atom stereocenters. The number of benzene rings is 1. The van der Waals surface area contributed by atoms with E-state index >= 15 is 0 Å². The van der Waals surface area contributed by atoms with Gasteiger partial charge in [-0.25, -0.2) is 4.68 Å². The molecule has 4 rings (SSSR count). The van der Waals surface area contributed by atoms with Gasteiger partial charge in [0.05, 0.1) is 31.0 Å². The van der Waals surface area contributed by atoms with Gasteiger partial charge in [0.1, 0.15) is 0 Å². The number of methoxy groups -OCH3 is 1. The summed E-state index contributed by atoms with van der Waals surface area (Å²) in [5.41, 5.74) is 4.93. The van der Waals surface area contributed by atoms with Gasteiger partial charge in [-0.05, 0) is 49.8 Å². The lowest BCUT2D eigenvalue weighted by atomic mass is 9.97. The van der Waals surface area contributed by atoms with Crippen molar-refractivity contribution >= 4 is 35.9 Å². The lowest BCUT2D eigenvalue weighted by Gasteiger charge is -2.33. The minimum Gasteiger partial charge on any atom is -0.469 e. The van der Waals surface area contributed by atoms with Crippen LogP contribution in [0.1, 0.15) is 36.2 Å². The van der Waals surface area contributed by atoms with E-state index in [1.54, 1.807) is 0 Å². The minimum atomic E-state index is -0.102. The van der Waals surface area contributed by atoms with Crippen molar-refractivity contribution in [3.05, 3.63) is 47.3 Å². The first-order valence-electron chi connectivity index (χ1n) is 10.4. The molecule has 1 N–H and O–H groups in total. The number of guanidine groups is 1. The minimum absolute atomic E-state index is 0. The molecule has 30 heavy (non-hydrogen) atoms. The zero-order chi connectivity index (χ0) is 20.2. The number of nitrogens with zero attached hydrogens (tertiary/aromatic N) is 4. The molecule has 162 valence electrons. The molecule has 2 aliphatic rings. The highest BCUT2D eigenvalue weighted by atomic mass is 127. The van der Waals surface area contributed by atoms with Crippen molar-refractivity contribution < 1.29 is 9.53 Å². The number of ether oxygens (including phenoxy) is 1. The normalized spacial score (nSPS) is 16.7. The van der Waals surface area contributed by atoms with E-state index in [9.17, 15) is 4.79 Å². The van der Waals surface area contributed by atoms with Crippen LogP contribution in [-0.4, -0.2) is 53.9 Å². The summed E-state index contributed by atoms with van der Waals surface area (Å²) in [5, 5.41) is 8.41. The van der Waals surface area contributed by atoms with Crippen LogP contribution in [0.5, 0.6) is 0 Å². The zero-order valence-corrected chi connectivity index (χ0v) is 20.0. The van der Waals surface area contributed by atoms with Crippen molar-refractivity contribution in [2.75, 3.05) is 27.2 Å². The smallest absolute Gasteiger partial charge is 0.308 e. The van der Waals surface area contributed by atoms with Crippen molar-refractivity contribution in [3.8, 4) is 5.69 Å². The third-order valence-corrected chi connectivity index (χ3v) is 5.97. The molecule has 2 heterocycles. The van der Waals surface area contributed by atoms with Gasteiger partial charge in [0.2, 0.25) is 0 Å². The number of hydrogen-bond acceptors (Lipinski definition) is 4. The molecule has 0 atom stereocenters. The van der Waals surface area contributed by atoms with Gasteiger partial charge in [0.25, 0.3) is 0 Å². The van der Waals surface area contributed by atoms with Crippen molar-refractivity contribution in [1.82, 2.24) is 20.0 Å². The quantitative estimate of drug-likeness (QED) is 0.289. The van der Waals surface area contributed by atoms with Crippen LogP contribution in [0.25, 0.3) is 5.69 Å². The Labute approximate surface area is 194 Å². The van der Waals surface area contributed by atoms with Crippen molar-refractivity contribution in [1.29, 1.82) is 0 Å².